The van der Waals surface area contributed by atoms with Crippen molar-refractivity contribution in [3.05, 3.63) is 12.4 Å². The predicted octanol–water partition coefficient (Wildman–Crippen LogP) is -0.835. The first-order valence-corrected chi connectivity index (χ1v) is 9.33. The molecule has 0 aromatic rings. The van der Waals surface area contributed by atoms with E-state index in [1.165, 1.54) is 4.90 Å². The van der Waals surface area contributed by atoms with Crippen LogP contribution in [0.5, 0.6) is 0 Å². The summed E-state index contributed by atoms with van der Waals surface area (Å²) in [7, 11) is 0. The fraction of sp³-hybridized carbons (Fsp3) is 0.647. The molecule has 2 unspecified atom stereocenters. The molecule has 11 nitrogen and oxygen atoms in total. The first-order valence-electron chi connectivity index (χ1n) is 9.33. The van der Waals surface area contributed by atoms with E-state index in [2.05, 4.69) is 17.2 Å². The Morgan fingerprint density at radius 2 is 1.79 bits per heavy atom. The number of hydrogen-bond donors (Lipinski definition) is 4. The summed E-state index contributed by atoms with van der Waals surface area (Å²) in [5, 5.41) is 15.0. The summed E-state index contributed by atoms with van der Waals surface area (Å²) in [4.78, 5) is 52.4. The van der Waals surface area contributed by atoms with Gasteiger partial charge >= 0.3 is 18.0 Å². The average Bonchev–Trinajstić information content (AvgIpc) is 2.65. The fourth-order valence-electron chi connectivity index (χ4n) is 3.41. The van der Waals surface area contributed by atoms with Crippen LogP contribution in [0.25, 0.3) is 0 Å². The Morgan fingerprint density at radius 3 is 2.32 bits per heavy atom. The lowest BCUT2D eigenvalue weighted by molar-refractivity contribution is -0.167. The Balaban J connectivity index is 1.90. The number of carboxylic acids is 1. The highest BCUT2D eigenvalue weighted by Gasteiger charge is 2.55. The second-order valence-corrected chi connectivity index (χ2v) is 6.78. The lowest BCUT2D eigenvalue weighted by Crippen LogP contribution is -2.69. The Hall–Kier alpha value is -2.98. The van der Waals surface area contributed by atoms with Gasteiger partial charge in [0.05, 0.1) is 11.7 Å². The number of nitrogens with two attached hydrogens (primary N) is 1. The van der Waals surface area contributed by atoms with E-state index in [1.807, 2.05) is 6.92 Å². The van der Waals surface area contributed by atoms with E-state index >= 15 is 0 Å². The molecule has 5 amide bonds. The van der Waals surface area contributed by atoms with Gasteiger partial charge in [0.25, 0.3) is 0 Å². The molecule has 5 N–H and O–H groups in total. The molecule has 28 heavy (non-hydrogen) atoms. The van der Waals surface area contributed by atoms with Crippen molar-refractivity contribution < 1.29 is 24.3 Å². The summed E-state index contributed by atoms with van der Waals surface area (Å²) >= 11 is 0. The number of β-lactam (4-membered cyclic amide) rings is 1. The van der Waals surface area contributed by atoms with Crippen molar-refractivity contribution in [2.24, 2.45) is 11.7 Å². The van der Waals surface area contributed by atoms with Crippen LogP contribution in [-0.2, 0) is 9.59 Å². The highest BCUT2D eigenvalue weighted by atomic mass is 16.4. The van der Waals surface area contributed by atoms with Gasteiger partial charge in [0.1, 0.15) is 0 Å². The number of imide groups is 1. The number of piperazine rings is 1. The van der Waals surface area contributed by atoms with Crippen molar-refractivity contribution in [2.75, 3.05) is 39.3 Å². The summed E-state index contributed by atoms with van der Waals surface area (Å²) in [5.74, 6) is -2.10. The minimum Gasteiger partial charge on any atom is -0.480 e. The maximum absolute atomic E-state index is 12.7. The molecule has 2 aliphatic heterocycles. The van der Waals surface area contributed by atoms with E-state index in [0.717, 1.165) is 4.90 Å². The summed E-state index contributed by atoms with van der Waals surface area (Å²) < 4.78 is 0. The van der Waals surface area contributed by atoms with Crippen LogP contribution in [-0.4, -0.2) is 89.1 Å². The third kappa shape index (κ3) is 4.65. The average molecular weight is 396 g/mol. The first-order chi connectivity index (χ1) is 13.3. The molecular weight excluding hydrogens is 368 g/mol. The van der Waals surface area contributed by atoms with Crippen molar-refractivity contribution in [3.63, 3.8) is 0 Å². The maximum Gasteiger partial charge on any atom is 0.327 e. The zero-order valence-corrected chi connectivity index (χ0v) is 16.0. The van der Waals surface area contributed by atoms with Crippen LogP contribution in [0.4, 0.5) is 9.59 Å². The van der Waals surface area contributed by atoms with Gasteiger partial charge < -0.3 is 31.3 Å². The van der Waals surface area contributed by atoms with E-state index in [0.29, 0.717) is 44.8 Å². The van der Waals surface area contributed by atoms with Crippen LogP contribution in [0.2, 0.25) is 0 Å². The number of carbonyl (C=O) groups excluding carboxylic acids is 3. The molecule has 0 spiro atoms. The number of amides is 5. The third-order valence-electron chi connectivity index (χ3n) is 4.88. The topological polar surface area (TPSA) is 148 Å². The quantitative estimate of drug-likeness (QED) is 0.324. The Bertz CT molecular complexity index is 646. The van der Waals surface area contributed by atoms with E-state index < -0.39 is 29.9 Å². The molecule has 156 valence electrons. The fourth-order valence-corrected chi connectivity index (χ4v) is 3.41. The molecule has 2 fully saturated rings. The monoisotopic (exact) mass is 396 g/mol. The van der Waals surface area contributed by atoms with Crippen molar-refractivity contribution in [2.45, 2.75) is 25.8 Å². The van der Waals surface area contributed by atoms with Crippen molar-refractivity contribution in [3.8, 4) is 0 Å². The number of nitrogens with zero attached hydrogens (tertiary/aromatic N) is 3. The SMILES string of the molecule is C=C(N)NCCCC1C(=O)N(C(=O)N2CCN(C(=O)NCC)CC2)C1C(=O)O. The summed E-state index contributed by atoms with van der Waals surface area (Å²) in [6.07, 6.45) is 0.870. The van der Waals surface area contributed by atoms with Gasteiger partial charge in [-0.15, -0.1) is 0 Å². The molecule has 2 heterocycles. The molecule has 11 heteroatoms. The van der Waals surface area contributed by atoms with Gasteiger partial charge in [-0.25, -0.2) is 19.3 Å². The highest BCUT2D eigenvalue weighted by Crippen LogP contribution is 2.32. The number of aliphatic carboxylic acids is 1. The van der Waals surface area contributed by atoms with E-state index in [-0.39, 0.29) is 19.1 Å². The number of likely N-dealkylation sites (tertiary alicyclic amines) is 1. The Morgan fingerprint density at radius 1 is 1.18 bits per heavy atom. The number of hydrogen-bond acceptors (Lipinski definition) is 6. The number of urea groups is 2. The van der Waals surface area contributed by atoms with Gasteiger partial charge in [0.2, 0.25) is 5.91 Å². The van der Waals surface area contributed by atoms with Crippen molar-refractivity contribution >= 4 is 23.9 Å². The second kappa shape index (κ2) is 9.29. The number of rotatable bonds is 7. The van der Waals surface area contributed by atoms with Crippen molar-refractivity contribution in [1.29, 1.82) is 0 Å². The summed E-state index contributed by atoms with van der Waals surface area (Å²) in [5.41, 5.74) is 5.39. The van der Waals surface area contributed by atoms with Crippen LogP contribution < -0.4 is 16.4 Å². The van der Waals surface area contributed by atoms with E-state index in [9.17, 15) is 24.3 Å². The van der Waals surface area contributed by atoms with Gasteiger partial charge in [-0.1, -0.05) is 6.58 Å². The van der Waals surface area contributed by atoms with Gasteiger partial charge in [0, 0.05) is 39.3 Å². The molecule has 0 radical (unpaired) electrons. The van der Waals surface area contributed by atoms with Crippen LogP contribution in [0.3, 0.4) is 0 Å². The van der Waals surface area contributed by atoms with Crippen LogP contribution in [0, 0.1) is 5.92 Å². The number of carbonyl (C=O) groups is 4. The normalized spacial score (nSPS) is 21.8. The van der Waals surface area contributed by atoms with E-state index in [1.54, 1.807) is 4.90 Å². The molecule has 2 saturated heterocycles. The lowest BCUT2D eigenvalue weighted by Gasteiger charge is -2.46. The molecule has 0 saturated carbocycles. The first kappa shape index (κ1) is 21.3. The van der Waals surface area contributed by atoms with Gasteiger partial charge in [0.15, 0.2) is 6.04 Å². The van der Waals surface area contributed by atoms with Gasteiger partial charge in [-0.3, -0.25) is 4.79 Å². The largest absolute Gasteiger partial charge is 0.480 e. The molecule has 2 rings (SSSR count). The predicted molar refractivity (Wildman–Crippen MR) is 99.9 cm³/mol. The number of carboxylic acid groups (broad SMARTS) is 1. The van der Waals surface area contributed by atoms with E-state index in [4.69, 9.17) is 5.73 Å². The minimum atomic E-state index is -1.20. The number of nitrogens with one attached hydrogen (secondary N) is 2. The lowest BCUT2D eigenvalue weighted by atomic mass is 9.83. The molecule has 0 bridgehead atoms. The molecular formula is C17H28N6O5. The minimum absolute atomic E-state index is 0.202. The van der Waals surface area contributed by atoms with Crippen LogP contribution in [0.15, 0.2) is 12.4 Å². The zero-order chi connectivity index (χ0) is 20.8. The van der Waals surface area contributed by atoms with Crippen molar-refractivity contribution in [1.82, 2.24) is 25.3 Å². The third-order valence-corrected chi connectivity index (χ3v) is 4.88. The van der Waals surface area contributed by atoms with Gasteiger partial charge in [-0.2, -0.15) is 0 Å². The standard InChI is InChI=1S/C17H28N6O5/c1-3-19-16(27)21-7-9-22(10-8-21)17(28)23-13(15(25)26)12(14(23)24)5-4-6-20-11(2)18/h12-13,20H,2-10,18H2,1H3,(H,19,27)(H,25,26). The molecule has 2 aliphatic rings. The van der Waals surface area contributed by atoms with Crippen LogP contribution in [0.1, 0.15) is 19.8 Å². The Kier molecular flexibility index (Phi) is 7.07. The Labute approximate surface area is 163 Å². The smallest absolute Gasteiger partial charge is 0.327 e. The molecule has 0 aromatic heterocycles. The summed E-state index contributed by atoms with van der Waals surface area (Å²) in [6, 6.07) is -1.98. The van der Waals surface area contributed by atoms with Crippen LogP contribution >= 0.6 is 0 Å². The molecule has 0 aliphatic carbocycles. The molecule has 0 aromatic carbocycles. The second-order valence-electron chi connectivity index (χ2n) is 6.78. The zero-order valence-electron chi connectivity index (χ0n) is 16.0. The highest BCUT2D eigenvalue weighted by molar-refractivity contribution is 6.07. The molecule has 2 atom stereocenters. The van der Waals surface area contributed by atoms with Gasteiger partial charge in [-0.05, 0) is 19.8 Å². The maximum atomic E-state index is 12.7. The summed E-state index contributed by atoms with van der Waals surface area (Å²) in [6.45, 7) is 7.45.